The van der Waals surface area contributed by atoms with E-state index >= 15 is 0 Å². The summed E-state index contributed by atoms with van der Waals surface area (Å²) in [7, 11) is 2.98. The zero-order valence-electron chi connectivity index (χ0n) is 30.0. The fourth-order valence-electron chi connectivity index (χ4n) is 6.45. The van der Waals surface area contributed by atoms with E-state index in [0.717, 1.165) is 25.9 Å². The Morgan fingerprint density at radius 1 is 1.04 bits per heavy atom. The molecule has 0 spiro atoms. The maximum absolute atomic E-state index is 13.3. The number of primary amides is 1. The molecule has 3 heterocycles. The highest BCUT2D eigenvalue weighted by atomic mass is 16.6. The monoisotopic (exact) mass is 693 g/mol. The summed E-state index contributed by atoms with van der Waals surface area (Å²) in [6, 6.07) is 1.51. The van der Waals surface area contributed by atoms with Gasteiger partial charge in [-0.2, -0.15) is 4.99 Å². The van der Waals surface area contributed by atoms with Crippen molar-refractivity contribution in [3.63, 3.8) is 0 Å². The molecular weight excluding hydrogens is 642 g/mol. The molecule has 0 unspecified atom stereocenters. The Hall–Kier alpha value is -4.40. The Bertz CT molecular complexity index is 1710. The highest BCUT2D eigenvalue weighted by molar-refractivity contribution is 5.97. The fraction of sp³-hybridized carbons (Fsp3) is 0.556. The molecule has 272 valence electrons. The van der Waals surface area contributed by atoms with Crippen LogP contribution in [0.5, 0.6) is 5.75 Å². The van der Waals surface area contributed by atoms with Crippen LogP contribution in [0.4, 0.5) is 10.5 Å². The second kappa shape index (κ2) is 17.0. The lowest BCUT2D eigenvalue weighted by atomic mass is 9.88. The largest absolute Gasteiger partial charge is 0.505 e. The summed E-state index contributed by atoms with van der Waals surface area (Å²) in [5.41, 5.74) is 13.5. The number of aliphatic hydroxyl groups is 1. The van der Waals surface area contributed by atoms with E-state index in [0.29, 0.717) is 46.9 Å². The molecule has 1 aromatic carbocycles. The topological polar surface area (TPSA) is 207 Å². The van der Waals surface area contributed by atoms with Crippen LogP contribution in [-0.2, 0) is 25.4 Å². The summed E-state index contributed by atoms with van der Waals surface area (Å²) in [4.78, 5) is 45.2. The Balaban J connectivity index is 1.81. The molecule has 0 aromatic heterocycles. The Morgan fingerprint density at radius 2 is 1.74 bits per heavy atom. The number of aromatic hydroxyl groups is 1. The number of aliphatic imine (C=N–C) groups is 2. The van der Waals surface area contributed by atoms with Gasteiger partial charge in [-0.3, -0.25) is 4.79 Å². The van der Waals surface area contributed by atoms with E-state index in [-0.39, 0.29) is 28.6 Å². The normalized spacial score (nSPS) is 30.2. The molecular formula is C36H51N7O7. The van der Waals surface area contributed by atoms with Gasteiger partial charge in [0.1, 0.15) is 17.2 Å². The molecule has 2 amide bonds. The molecule has 0 saturated carbocycles. The first-order chi connectivity index (χ1) is 23.7. The molecule has 1 saturated heterocycles. The lowest BCUT2D eigenvalue weighted by molar-refractivity contribution is -0.114. The number of carbonyl (C=O) groups is 2. The molecule has 3 aliphatic heterocycles. The van der Waals surface area contributed by atoms with Crippen molar-refractivity contribution in [2.45, 2.75) is 84.7 Å². The van der Waals surface area contributed by atoms with Crippen LogP contribution in [-0.4, -0.2) is 90.8 Å². The zero-order valence-corrected chi connectivity index (χ0v) is 30.0. The van der Waals surface area contributed by atoms with E-state index in [1.165, 1.54) is 20.3 Å². The van der Waals surface area contributed by atoms with E-state index in [2.05, 4.69) is 26.9 Å². The summed E-state index contributed by atoms with van der Waals surface area (Å²) in [6.07, 6.45) is 5.08. The molecule has 14 heteroatoms. The van der Waals surface area contributed by atoms with E-state index in [1.54, 1.807) is 38.2 Å². The van der Waals surface area contributed by atoms with Crippen molar-refractivity contribution in [3.8, 4) is 5.75 Å². The summed E-state index contributed by atoms with van der Waals surface area (Å²) in [6.45, 7) is 11.0. The van der Waals surface area contributed by atoms with Gasteiger partial charge in [-0.15, -0.1) is 0 Å². The predicted octanol–water partition coefficient (Wildman–Crippen LogP) is 2.73. The lowest BCUT2D eigenvalue weighted by Crippen LogP contribution is -2.42. The van der Waals surface area contributed by atoms with Gasteiger partial charge in [-0.05, 0) is 63.0 Å². The minimum absolute atomic E-state index is 0.0363. The summed E-state index contributed by atoms with van der Waals surface area (Å²) in [5.74, 6) is -0.253. The number of aliphatic hydroxyl groups excluding tert-OH is 1. The van der Waals surface area contributed by atoms with Gasteiger partial charge in [0.15, 0.2) is 12.1 Å². The van der Waals surface area contributed by atoms with E-state index in [9.17, 15) is 19.8 Å². The number of methoxy groups -OCH3 is 2. The first kappa shape index (κ1) is 38.4. The third-order valence-corrected chi connectivity index (χ3v) is 9.49. The number of nitrogens with two attached hydrogens (primary N) is 2. The predicted molar refractivity (Wildman–Crippen MR) is 189 cm³/mol. The SMILES string of the molecule is CO[C@H]1/C=C\C=C(/C)C(=O)N=c2cc3c(c(c2O)C[C@@H](C)C[C@H](OC)[C@H](O)[C@@H](C)/C=C(\C)[C@@H]1OC(N)=O)=NC(/N=C(\N)N1CCC(C)CC1)=N3. The highest BCUT2D eigenvalue weighted by Crippen LogP contribution is 2.27. The van der Waals surface area contributed by atoms with Crippen LogP contribution in [0.1, 0.15) is 59.4 Å². The van der Waals surface area contributed by atoms with Crippen molar-refractivity contribution in [2.24, 2.45) is 49.2 Å². The number of nitrogens with zero attached hydrogens (tertiary/aromatic N) is 5. The lowest BCUT2D eigenvalue weighted by Gasteiger charge is -2.30. The molecule has 0 radical (unpaired) electrons. The molecule has 50 heavy (non-hydrogen) atoms. The van der Waals surface area contributed by atoms with Gasteiger partial charge >= 0.3 is 6.09 Å². The molecule has 2 bridgehead atoms. The summed E-state index contributed by atoms with van der Waals surface area (Å²) >= 11 is 0. The molecule has 4 rings (SSSR count). The van der Waals surface area contributed by atoms with Gasteiger partial charge in [0.25, 0.3) is 11.9 Å². The summed E-state index contributed by atoms with van der Waals surface area (Å²) in [5, 5.41) is 23.4. The van der Waals surface area contributed by atoms with Crippen LogP contribution in [0.2, 0.25) is 0 Å². The van der Waals surface area contributed by atoms with Gasteiger partial charge in [0.05, 0.1) is 23.3 Å². The number of likely N-dealkylation sites (tertiary alicyclic amines) is 1. The molecule has 1 fully saturated rings. The second-order valence-corrected chi connectivity index (χ2v) is 13.5. The van der Waals surface area contributed by atoms with Gasteiger partial charge < -0.3 is 40.8 Å². The van der Waals surface area contributed by atoms with Crippen molar-refractivity contribution >= 4 is 29.6 Å². The molecule has 6 atom stereocenters. The Labute approximate surface area is 293 Å². The van der Waals surface area contributed by atoms with E-state index < -0.39 is 42.3 Å². The molecule has 0 aliphatic carbocycles. The number of hydrogen-bond acceptors (Lipinski definition) is 10. The Morgan fingerprint density at radius 3 is 2.38 bits per heavy atom. The van der Waals surface area contributed by atoms with Crippen LogP contribution in [0, 0.1) is 17.8 Å². The molecule has 6 N–H and O–H groups in total. The number of phenolic OH excluding ortho intramolecular Hbond substituents is 1. The number of benzene rings is 1. The first-order valence-electron chi connectivity index (χ1n) is 17.0. The fourth-order valence-corrected chi connectivity index (χ4v) is 6.45. The second-order valence-electron chi connectivity index (χ2n) is 13.5. The third-order valence-electron chi connectivity index (χ3n) is 9.49. The van der Waals surface area contributed by atoms with Crippen molar-refractivity contribution in [1.29, 1.82) is 0 Å². The number of piperidine rings is 1. The number of fused-ring (bicyclic) bond motifs is 4. The number of amides is 2. The van der Waals surface area contributed by atoms with Crippen LogP contribution in [0.3, 0.4) is 0 Å². The molecule has 1 aromatic rings. The van der Waals surface area contributed by atoms with Crippen molar-refractivity contribution in [3.05, 3.63) is 57.8 Å². The van der Waals surface area contributed by atoms with E-state index in [4.69, 9.17) is 25.7 Å². The maximum Gasteiger partial charge on any atom is 0.405 e. The molecule has 14 nitrogen and oxygen atoms in total. The highest BCUT2D eigenvalue weighted by Gasteiger charge is 2.30. The smallest absolute Gasteiger partial charge is 0.405 e. The molecule has 3 aliphatic rings. The van der Waals surface area contributed by atoms with Gasteiger partial charge in [-0.25, -0.2) is 19.8 Å². The number of allylic oxidation sites excluding steroid dienone is 2. The minimum Gasteiger partial charge on any atom is -0.505 e. The van der Waals surface area contributed by atoms with Gasteiger partial charge in [0, 0.05) is 44.4 Å². The number of guanidine groups is 2. The summed E-state index contributed by atoms with van der Waals surface area (Å²) < 4.78 is 16.8. The number of rotatable bonds is 3. The first-order valence-corrected chi connectivity index (χ1v) is 17.0. The standard InChI is InChI=1S/C36H51N7O7/c1-19-11-13-43(14-12-19)34(37)42-36-40-25-18-26-31(45)24(29(25)41-36)15-20(2)16-28(49-7)30(44)22(4)17-23(5)32(50-35(38)47)27(48-6)10-8-9-21(3)33(46)39-26/h8-10,17-20,22,27-28,30,32,44-45H,11-16H2,1-7H3,(H2,38,47)(H2,37,40,42)/b10-8-,21-9+,23-17+,39-26?/t20-,22+,27+,28+,30-,32+/m1/s1. The van der Waals surface area contributed by atoms with Gasteiger partial charge in [0.2, 0.25) is 0 Å². The van der Waals surface area contributed by atoms with Crippen molar-refractivity contribution < 1.29 is 34.0 Å². The quantitative estimate of drug-likeness (QED) is 0.208. The maximum atomic E-state index is 13.3. The van der Waals surface area contributed by atoms with Gasteiger partial charge in [-0.1, -0.05) is 45.1 Å². The number of phenols is 1. The van der Waals surface area contributed by atoms with Crippen LogP contribution < -0.4 is 22.2 Å². The average molecular weight is 694 g/mol. The van der Waals surface area contributed by atoms with Crippen LogP contribution in [0.25, 0.3) is 0 Å². The van der Waals surface area contributed by atoms with Crippen LogP contribution >= 0.6 is 0 Å². The Kier molecular flexibility index (Phi) is 13.1. The number of ether oxygens (including phenoxy) is 3. The van der Waals surface area contributed by atoms with Crippen molar-refractivity contribution in [2.75, 3.05) is 27.3 Å². The average Bonchev–Trinajstić information content (AvgIpc) is 3.47. The van der Waals surface area contributed by atoms with Crippen molar-refractivity contribution in [1.82, 2.24) is 4.90 Å². The minimum atomic E-state index is -0.988. The van der Waals surface area contributed by atoms with E-state index in [1.807, 2.05) is 18.7 Å². The number of carbonyl (C=O) groups excluding carboxylic acids is 2. The zero-order chi connectivity index (χ0) is 36.7. The third kappa shape index (κ3) is 9.43. The van der Waals surface area contributed by atoms with Crippen LogP contribution in [0.15, 0.2) is 61.5 Å². The number of hydrogen-bond donors (Lipinski definition) is 4.